The van der Waals surface area contributed by atoms with Crippen molar-refractivity contribution in [3.63, 3.8) is 0 Å². The van der Waals surface area contributed by atoms with Crippen LogP contribution in [-0.2, 0) is 0 Å². The summed E-state index contributed by atoms with van der Waals surface area (Å²) in [5.74, 6) is 0.667. The van der Waals surface area contributed by atoms with Gasteiger partial charge in [-0.1, -0.05) is 12.1 Å². The Hall–Kier alpha value is -2.14. The molecule has 1 aromatic carbocycles. The molecule has 0 amide bonds. The van der Waals surface area contributed by atoms with Gasteiger partial charge in [0.25, 0.3) is 5.56 Å². The van der Waals surface area contributed by atoms with Crippen molar-refractivity contribution in [1.82, 2.24) is 9.97 Å². The van der Waals surface area contributed by atoms with Gasteiger partial charge in [0.1, 0.15) is 10.7 Å². The van der Waals surface area contributed by atoms with Gasteiger partial charge < -0.3 is 10.3 Å². The van der Waals surface area contributed by atoms with Crippen LogP contribution in [0.2, 0.25) is 0 Å². The van der Waals surface area contributed by atoms with Crippen molar-refractivity contribution in [2.24, 2.45) is 0 Å². The van der Waals surface area contributed by atoms with Gasteiger partial charge in [0.05, 0.1) is 11.4 Å². The van der Waals surface area contributed by atoms with Gasteiger partial charge in [0.2, 0.25) is 0 Å². The summed E-state index contributed by atoms with van der Waals surface area (Å²) >= 11 is 1.57. The Morgan fingerprint density at radius 3 is 2.77 bits per heavy atom. The van der Waals surface area contributed by atoms with Crippen LogP contribution in [0.3, 0.4) is 0 Å². The summed E-state index contributed by atoms with van der Waals surface area (Å²) in [7, 11) is 0. The van der Waals surface area contributed by atoms with Crippen molar-refractivity contribution in [2.75, 3.05) is 5.32 Å². The van der Waals surface area contributed by atoms with E-state index in [2.05, 4.69) is 34.3 Å². The normalized spacial score (nSPS) is 12.5. The number of hydrogen-bond acceptors (Lipinski definition) is 4. The number of hydrogen-bond donors (Lipinski definition) is 2. The fraction of sp³-hybridized carbons (Fsp3) is 0.294. The van der Waals surface area contributed by atoms with Crippen LogP contribution in [0.5, 0.6) is 0 Å². The maximum Gasteiger partial charge on any atom is 0.259 e. The molecule has 3 aromatic rings. The highest BCUT2D eigenvalue weighted by Gasteiger charge is 2.15. The number of fused-ring (bicyclic) bond motifs is 1. The Balaban J connectivity index is 1.97. The first-order valence-electron chi connectivity index (χ1n) is 7.29. The molecule has 114 valence electrons. The first kappa shape index (κ1) is 14.8. The molecule has 0 spiro atoms. The van der Waals surface area contributed by atoms with Gasteiger partial charge in [-0.05, 0) is 51.0 Å². The average molecular weight is 313 g/mol. The van der Waals surface area contributed by atoms with Gasteiger partial charge in [-0.3, -0.25) is 4.79 Å². The third-order valence-corrected chi connectivity index (χ3v) is 4.97. The number of rotatable bonds is 3. The molecule has 4 nitrogen and oxygen atoms in total. The Labute approximate surface area is 133 Å². The highest BCUT2D eigenvalue weighted by atomic mass is 32.1. The molecular formula is C17H19N3OS. The third-order valence-electron chi connectivity index (χ3n) is 3.87. The molecule has 0 bridgehead atoms. The predicted octanol–water partition coefficient (Wildman–Crippen LogP) is 4.08. The van der Waals surface area contributed by atoms with Crippen molar-refractivity contribution in [1.29, 1.82) is 0 Å². The molecule has 3 rings (SSSR count). The quantitative estimate of drug-likeness (QED) is 0.766. The van der Waals surface area contributed by atoms with Crippen LogP contribution in [0.4, 0.5) is 5.69 Å². The van der Waals surface area contributed by atoms with E-state index < -0.39 is 0 Å². The maximum atomic E-state index is 12.3. The van der Waals surface area contributed by atoms with E-state index in [1.165, 1.54) is 5.56 Å². The standard InChI is InChI=1S/C17H19N3OS/c1-9-6-5-7-13(8-9)18-11(3)15-19-16(21)14-10(2)12(4)22-17(14)20-15/h5-8,11,18H,1-4H3,(H,19,20,21)/t11-/m1/s1. The summed E-state index contributed by atoms with van der Waals surface area (Å²) < 4.78 is 0. The third kappa shape index (κ3) is 2.64. The van der Waals surface area contributed by atoms with E-state index >= 15 is 0 Å². The van der Waals surface area contributed by atoms with Crippen LogP contribution < -0.4 is 10.9 Å². The van der Waals surface area contributed by atoms with Crippen molar-refractivity contribution in [3.05, 3.63) is 56.4 Å². The average Bonchev–Trinajstić information content (AvgIpc) is 2.74. The van der Waals surface area contributed by atoms with Crippen LogP contribution in [0.15, 0.2) is 29.1 Å². The zero-order valence-electron chi connectivity index (χ0n) is 13.2. The molecule has 2 N–H and O–H groups in total. The minimum absolute atomic E-state index is 0.0558. The number of nitrogens with zero attached hydrogens (tertiary/aromatic N) is 1. The van der Waals surface area contributed by atoms with Crippen molar-refractivity contribution in [2.45, 2.75) is 33.7 Å². The fourth-order valence-electron chi connectivity index (χ4n) is 2.53. The van der Waals surface area contributed by atoms with Crippen molar-refractivity contribution in [3.8, 4) is 0 Å². The molecule has 0 aliphatic heterocycles. The highest BCUT2D eigenvalue weighted by Crippen LogP contribution is 2.27. The van der Waals surface area contributed by atoms with Gasteiger partial charge in [-0.15, -0.1) is 11.3 Å². The summed E-state index contributed by atoms with van der Waals surface area (Å²) in [5, 5.41) is 4.10. The summed E-state index contributed by atoms with van der Waals surface area (Å²) in [6.07, 6.45) is 0. The number of benzene rings is 1. The molecule has 1 atom stereocenters. The molecule has 5 heteroatoms. The fourth-order valence-corrected chi connectivity index (χ4v) is 3.57. The SMILES string of the molecule is Cc1cccc(N[C@H](C)c2nc3sc(C)c(C)c3c(=O)[nH]2)c1. The number of thiophene rings is 1. The Morgan fingerprint density at radius 1 is 1.27 bits per heavy atom. The zero-order valence-corrected chi connectivity index (χ0v) is 14.0. The smallest absolute Gasteiger partial charge is 0.259 e. The van der Waals surface area contributed by atoms with Crippen molar-refractivity contribution < 1.29 is 0 Å². The largest absolute Gasteiger partial charge is 0.375 e. The molecule has 0 saturated carbocycles. The summed E-state index contributed by atoms with van der Waals surface area (Å²) in [4.78, 5) is 21.8. The first-order chi connectivity index (χ1) is 10.5. The Morgan fingerprint density at radius 2 is 2.05 bits per heavy atom. The zero-order chi connectivity index (χ0) is 15.9. The highest BCUT2D eigenvalue weighted by molar-refractivity contribution is 7.18. The van der Waals surface area contributed by atoms with Gasteiger partial charge in [0, 0.05) is 10.6 Å². The summed E-state index contributed by atoms with van der Waals surface area (Å²) in [6, 6.07) is 8.09. The van der Waals surface area contributed by atoms with Crippen LogP contribution in [0, 0.1) is 20.8 Å². The second-order valence-electron chi connectivity index (χ2n) is 5.65. The van der Waals surface area contributed by atoms with Gasteiger partial charge >= 0.3 is 0 Å². The minimum Gasteiger partial charge on any atom is -0.375 e. The Bertz CT molecular complexity index is 895. The van der Waals surface area contributed by atoms with Gasteiger partial charge in [-0.25, -0.2) is 4.98 Å². The number of nitrogens with one attached hydrogen (secondary N) is 2. The van der Waals surface area contributed by atoms with Crippen LogP contribution in [0.25, 0.3) is 10.2 Å². The monoisotopic (exact) mass is 313 g/mol. The summed E-state index contributed by atoms with van der Waals surface area (Å²) in [6.45, 7) is 8.05. The minimum atomic E-state index is -0.0680. The second-order valence-corrected chi connectivity index (χ2v) is 6.85. The molecule has 0 aliphatic rings. The molecular weight excluding hydrogens is 294 g/mol. The number of anilines is 1. The van der Waals surface area contributed by atoms with E-state index in [0.29, 0.717) is 11.2 Å². The molecule has 0 saturated heterocycles. The number of aromatic nitrogens is 2. The van der Waals surface area contributed by atoms with Crippen molar-refractivity contribution >= 4 is 27.2 Å². The number of H-pyrrole nitrogens is 1. The van der Waals surface area contributed by atoms with E-state index in [-0.39, 0.29) is 11.6 Å². The van der Waals surface area contributed by atoms with Gasteiger partial charge in [-0.2, -0.15) is 0 Å². The van der Waals surface area contributed by atoms with Crippen LogP contribution >= 0.6 is 11.3 Å². The molecule has 2 aromatic heterocycles. The van der Waals surface area contributed by atoms with E-state index in [0.717, 1.165) is 21.0 Å². The first-order valence-corrected chi connectivity index (χ1v) is 8.10. The van der Waals surface area contributed by atoms with Crippen LogP contribution in [0.1, 0.15) is 34.8 Å². The lowest BCUT2D eigenvalue weighted by Gasteiger charge is -2.15. The lowest BCUT2D eigenvalue weighted by atomic mass is 10.2. The summed E-state index contributed by atoms with van der Waals surface area (Å²) in [5.41, 5.74) is 3.19. The van der Waals surface area contributed by atoms with E-state index in [9.17, 15) is 4.79 Å². The van der Waals surface area contributed by atoms with Crippen LogP contribution in [-0.4, -0.2) is 9.97 Å². The van der Waals surface area contributed by atoms with E-state index in [1.54, 1.807) is 11.3 Å². The lowest BCUT2D eigenvalue weighted by Crippen LogP contribution is -2.17. The van der Waals surface area contributed by atoms with E-state index in [4.69, 9.17) is 0 Å². The molecule has 0 aliphatic carbocycles. The molecule has 0 fully saturated rings. The Kier molecular flexibility index (Phi) is 3.74. The molecule has 2 heterocycles. The van der Waals surface area contributed by atoms with Gasteiger partial charge in [0.15, 0.2) is 0 Å². The molecule has 0 radical (unpaired) electrons. The maximum absolute atomic E-state index is 12.3. The second kappa shape index (κ2) is 5.57. The van der Waals surface area contributed by atoms with E-state index in [1.807, 2.05) is 32.9 Å². The predicted molar refractivity (Wildman–Crippen MR) is 92.9 cm³/mol. The lowest BCUT2D eigenvalue weighted by molar-refractivity contribution is 0.792. The number of aryl methyl sites for hydroxylation is 3. The molecule has 0 unspecified atom stereocenters. The topological polar surface area (TPSA) is 57.8 Å². The number of aromatic amines is 1. The molecule has 22 heavy (non-hydrogen) atoms.